The van der Waals surface area contributed by atoms with Crippen LogP contribution in [0.3, 0.4) is 0 Å². The van der Waals surface area contributed by atoms with Crippen LogP contribution in [0.5, 0.6) is 0 Å². The van der Waals surface area contributed by atoms with Crippen molar-refractivity contribution in [3.63, 3.8) is 0 Å². The second-order valence-corrected chi connectivity index (χ2v) is 7.12. The zero-order valence-corrected chi connectivity index (χ0v) is 13.8. The molecule has 2 amide bonds. The smallest absolute Gasteiger partial charge is 0.314 e. The largest absolute Gasteiger partial charge is 0.389 e. The Labute approximate surface area is 128 Å². The topological polar surface area (TPSA) is 61.4 Å². The van der Waals surface area contributed by atoms with Crippen molar-refractivity contribution in [1.29, 1.82) is 0 Å². The highest BCUT2D eigenvalue weighted by atomic mass is 16.3. The third kappa shape index (κ3) is 7.14. The fraction of sp³-hybridized carbons (Fsp3) is 0.588. The van der Waals surface area contributed by atoms with Crippen LogP contribution in [0.1, 0.15) is 45.7 Å². The number of rotatable bonds is 5. The fourth-order valence-electron chi connectivity index (χ4n) is 1.85. The second-order valence-electron chi connectivity index (χ2n) is 7.12. The molecule has 0 bridgehead atoms. The average molecular weight is 292 g/mol. The molecule has 21 heavy (non-hydrogen) atoms. The lowest BCUT2D eigenvalue weighted by molar-refractivity contribution is 0.0819. The van der Waals surface area contributed by atoms with E-state index >= 15 is 0 Å². The van der Waals surface area contributed by atoms with Crippen LogP contribution in [0.25, 0.3) is 0 Å². The Kier molecular flexibility index (Phi) is 5.78. The number of carbonyl (C=O) groups is 1. The van der Waals surface area contributed by atoms with E-state index in [1.165, 1.54) is 11.1 Å². The van der Waals surface area contributed by atoms with Gasteiger partial charge in [-0.3, -0.25) is 0 Å². The minimum absolute atomic E-state index is 0.160. The molecule has 0 unspecified atom stereocenters. The van der Waals surface area contributed by atoms with E-state index in [1.54, 1.807) is 13.8 Å². The van der Waals surface area contributed by atoms with Gasteiger partial charge in [0.05, 0.1) is 5.60 Å². The van der Waals surface area contributed by atoms with Gasteiger partial charge in [-0.25, -0.2) is 4.79 Å². The lowest BCUT2D eigenvalue weighted by atomic mass is 9.86. The Hall–Kier alpha value is -1.55. The maximum Gasteiger partial charge on any atom is 0.314 e. The highest BCUT2D eigenvalue weighted by Crippen LogP contribution is 2.22. The molecule has 0 aliphatic rings. The van der Waals surface area contributed by atoms with Gasteiger partial charge in [-0.2, -0.15) is 0 Å². The molecular weight excluding hydrogens is 264 g/mol. The van der Waals surface area contributed by atoms with Gasteiger partial charge in [-0.05, 0) is 36.8 Å². The lowest BCUT2D eigenvalue weighted by Crippen LogP contribution is -2.43. The van der Waals surface area contributed by atoms with Gasteiger partial charge in [0.2, 0.25) is 0 Å². The number of urea groups is 1. The first kappa shape index (κ1) is 17.5. The van der Waals surface area contributed by atoms with Gasteiger partial charge in [0, 0.05) is 13.1 Å². The van der Waals surface area contributed by atoms with Gasteiger partial charge >= 0.3 is 6.03 Å². The summed E-state index contributed by atoms with van der Waals surface area (Å²) in [6.45, 7) is 10.7. The van der Waals surface area contributed by atoms with Crippen LogP contribution in [0, 0.1) is 0 Å². The minimum Gasteiger partial charge on any atom is -0.389 e. The van der Waals surface area contributed by atoms with E-state index in [1.807, 2.05) is 0 Å². The Morgan fingerprint density at radius 3 is 2.10 bits per heavy atom. The van der Waals surface area contributed by atoms with Crippen molar-refractivity contribution < 1.29 is 9.90 Å². The highest BCUT2D eigenvalue weighted by molar-refractivity contribution is 5.73. The van der Waals surface area contributed by atoms with Crippen molar-refractivity contribution in [2.75, 3.05) is 13.1 Å². The number of hydrogen-bond donors (Lipinski definition) is 3. The van der Waals surface area contributed by atoms with Gasteiger partial charge < -0.3 is 15.7 Å². The Morgan fingerprint density at radius 1 is 1.05 bits per heavy atom. The van der Waals surface area contributed by atoms with Crippen molar-refractivity contribution in [1.82, 2.24) is 10.6 Å². The third-order valence-electron chi connectivity index (χ3n) is 3.20. The molecule has 0 radical (unpaired) electrons. The molecule has 0 saturated heterocycles. The number of nitrogens with one attached hydrogen (secondary N) is 2. The zero-order chi connectivity index (χ0) is 16.1. The molecule has 0 saturated carbocycles. The van der Waals surface area contributed by atoms with E-state index in [4.69, 9.17) is 0 Å². The van der Waals surface area contributed by atoms with Gasteiger partial charge in [0.25, 0.3) is 0 Å². The average Bonchev–Trinajstić information content (AvgIpc) is 2.35. The first-order valence-corrected chi connectivity index (χ1v) is 7.41. The predicted molar refractivity (Wildman–Crippen MR) is 86.5 cm³/mol. The van der Waals surface area contributed by atoms with Crippen LogP contribution in [0.2, 0.25) is 0 Å². The van der Waals surface area contributed by atoms with E-state index < -0.39 is 5.60 Å². The maximum absolute atomic E-state index is 11.5. The summed E-state index contributed by atoms with van der Waals surface area (Å²) >= 11 is 0. The summed E-state index contributed by atoms with van der Waals surface area (Å²) in [7, 11) is 0. The SMILES string of the molecule is CC(C)(O)CNC(=O)NCCc1ccc(C(C)(C)C)cc1. The summed E-state index contributed by atoms with van der Waals surface area (Å²) in [6.07, 6.45) is 0.792. The molecule has 0 aromatic heterocycles. The van der Waals surface area contributed by atoms with Crippen LogP contribution in [0.15, 0.2) is 24.3 Å². The Bertz CT molecular complexity index is 453. The molecule has 1 aromatic carbocycles. The summed E-state index contributed by atoms with van der Waals surface area (Å²) in [4.78, 5) is 11.5. The summed E-state index contributed by atoms with van der Waals surface area (Å²) < 4.78 is 0. The van der Waals surface area contributed by atoms with Crippen LogP contribution in [-0.4, -0.2) is 29.8 Å². The standard InChI is InChI=1S/C17H28N2O2/c1-16(2,3)14-8-6-13(7-9-14)10-11-18-15(20)19-12-17(4,5)21/h6-9,21H,10-12H2,1-5H3,(H2,18,19,20). The molecule has 0 atom stereocenters. The molecule has 118 valence electrons. The quantitative estimate of drug-likeness (QED) is 0.781. The van der Waals surface area contributed by atoms with Crippen molar-refractivity contribution in [2.45, 2.75) is 52.1 Å². The molecule has 0 aliphatic carbocycles. The van der Waals surface area contributed by atoms with Crippen LogP contribution in [-0.2, 0) is 11.8 Å². The van der Waals surface area contributed by atoms with E-state index in [2.05, 4.69) is 55.7 Å². The molecule has 4 heteroatoms. The van der Waals surface area contributed by atoms with Gasteiger partial charge in [0.15, 0.2) is 0 Å². The molecule has 0 heterocycles. The molecular formula is C17H28N2O2. The fourth-order valence-corrected chi connectivity index (χ4v) is 1.85. The van der Waals surface area contributed by atoms with Gasteiger partial charge in [-0.1, -0.05) is 45.0 Å². The Morgan fingerprint density at radius 2 is 1.62 bits per heavy atom. The van der Waals surface area contributed by atoms with Gasteiger partial charge in [0.1, 0.15) is 0 Å². The molecule has 1 aromatic rings. The normalized spacial score (nSPS) is 12.1. The van der Waals surface area contributed by atoms with E-state index in [0.717, 1.165) is 6.42 Å². The number of benzene rings is 1. The maximum atomic E-state index is 11.5. The first-order valence-electron chi connectivity index (χ1n) is 7.41. The third-order valence-corrected chi connectivity index (χ3v) is 3.20. The van der Waals surface area contributed by atoms with Gasteiger partial charge in [-0.15, -0.1) is 0 Å². The first-order chi connectivity index (χ1) is 9.58. The Balaban J connectivity index is 2.34. The summed E-state index contributed by atoms with van der Waals surface area (Å²) in [6, 6.07) is 8.25. The van der Waals surface area contributed by atoms with Crippen molar-refractivity contribution >= 4 is 6.03 Å². The zero-order valence-electron chi connectivity index (χ0n) is 13.8. The van der Waals surface area contributed by atoms with Crippen molar-refractivity contribution in [3.8, 4) is 0 Å². The van der Waals surface area contributed by atoms with Crippen molar-refractivity contribution in [3.05, 3.63) is 35.4 Å². The number of hydrogen-bond acceptors (Lipinski definition) is 2. The minimum atomic E-state index is -0.889. The van der Waals surface area contributed by atoms with E-state index in [-0.39, 0.29) is 18.0 Å². The van der Waals surface area contributed by atoms with Crippen LogP contribution >= 0.6 is 0 Å². The number of carbonyl (C=O) groups excluding carboxylic acids is 1. The second kappa shape index (κ2) is 6.94. The number of amides is 2. The lowest BCUT2D eigenvalue weighted by Gasteiger charge is -2.19. The van der Waals surface area contributed by atoms with Crippen LogP contribution < -0.4 is 10.6 Å². The molecule has 1 rings (SSSR count). The van der Waals surface area contributed by atoms with E-state index in [9.17, 15) is 9.90 Å². The van der Waals surface area contributed by atoms with Crippen molar-refractivity contribution in [2.24, 2.45) is 0 Å². The number of aliphatic hydroxyl groups is 1. The molecule has 0 fully saturated rings. The molecule has 3 N–H and O–H groups in total. The predicted octanol–water partition coefficient (Wildman–Crippen LogP) is 2.60. The molecule has 4 nitrogen and oxygen atoms in total. The summed E-state index contributed by atoms with van der Waals surface area (Å²) in [5.74, 6) is 0. The van der Waals surface area contributed by atoms with E-state index in [0.29, 0.717) is 6.54 Å². The molecule has 0 spiro atoms. The summed E-state index contributed by atoms with van der Waals surface area (Å²) in [5.41, 5.74) is 1.78. The highest BCUT2D eigenvalue weighted by Gasteiger charge is 2.14. The monoisotopic (exact) mass is 292 g/mol. The summed E-state index contributed by atoms with van der Waals surface area (Å²) in [5, 5.41) is 14.9. The molecule has 0 aliphatic heterocycles. The van der Waals surface area contributed by atoms with Crippen LogP contribution in [0.4, 0.5) is 4.79 Å².